The van der Waals surface area contributed by atoms with Gasteiger partial charge in [0.05, 0.1) is 13.7 Å². The third kappa shape index (κ3) is 3.10. The molecule has 2 unspecified atom stereocenters. The monoisotopic (exact) mass is 263 g/mol. The Morgan fingerprint density at radius 1 is 1.26 bits per heavy atom. The Balaban J connectivity index is 2.02. The molecule has 2 atom stereocenters. The van der Waals surface area contributed by atoms with E-state index in [1.54, 1.807) is 14.2 Å². The minimum atomic E-state index is 0.328. The van der Waals surface area contributed by atoms with Gasteiger partial charge in [-0.2, -0.15) is 0 Å². The van der Waals surface area contributed by atoms with E-state index < -0.39 is 0 Å². The molecule has 3 heteroatoms. The van der Waals surface area contributed by atoms with E-state index in [0.29, 0.717) is 5.41 Å². The second-order valence-electron chi connectivity index (χ2n) is 5.36. The van der Waals surface area contributed by atoms with Crippen LogP contribution in [0.1, 0.15) is 25.3 Å². The average molecular weight is 263 g/mol. The van der Waals surface area contributed by atoms with Crippen molar-refractivity contribution in [2.75, 3.05) is 33.9 Å². The Hall–Kier alpha value is -1.06. The molecule has 1 fully saturated rings. The standard InChI is InChI=1S/C16H25NO2/c1-4-13-11-16(13,12-17-9-10-18-2)14-5-7-15(19-3)8-6-14/h5-8,13,17H,4,9-12H2,1-3H3. The molecular formula is C16H25NO2. The summed E-state index contributed by atoms with van der Waals surface area (Å²) in [6.07, 6.45) is 2.54. The minimum absolute atomic E-state index is 0.328. The molecule has 0 heterocycles. The van der Waals surface area contributed by atoms with Gasteiger partial charge in [0, 0.05) is 25.6 Å². The van der Waals surface area contributed by atoms with Crippen LogP contribution in [0, 0.1) is 5.92 Å². The predicted octanol–water partition coefficient (Wildman–Crippen LogP) is 2.60. The van der Waals surface area contributed by atoms with Crippen LogP contribution in [-0.4, -0.2) is 33.9 Å². The Kier molecular flexibility index (Phi) is 4.83. The van der Waals surface area contributed by atoms with E-state index >= 15 is 0 Å². The van der Waals surface area contributed by atoms with Crippen LogP contribution in [0.5, 0.6) is 5.75 Å². The van der Waals surface area contributed by atoms with Gasteiger partial charge in [-0.15, -0.1) is 0 Å². The lowest BCUT2D eigenvalue weighted by Crippen LogP contribution is -2.31. The largest absolute Gasteiger partial charge is 0.497 e. The van der Waals surface area contributed by atoms with E-state index in [4.69, 9.17) is 9.47 Å². The van der Waals surface area contributed by atoms with Gasteiger partial charge in [-0.05, 0) is 30.0 Å². The van der Waals surface area contributed by atoms with Crippen molar-refractivity contribution in [2.45, 2.75) is 25.2 Å². The molecule has 0 saturated heterocycles. The molecule has 1 aromatic carbocycles. The number of hydrogen-bond acceptors (Lipinski definition) is 3. The van der Waals surface area contributed by atoms with Crippen LogP contribution in [0.15, 0.2) is 24.3 Å². The molecule has 1 aliphatic rings. The van der Waals surface area contributed by atoms with Crippen LogP contribution in [0.4, 0.5) is 0 Å². The highest BCUT2D eigenvalue weighted by Crippen LogP contribution is 2.55. The number of hydrogen-bond donors (Lipinski definition) is 1. The third-order valence-electron chi connectivity index (χ3n) is 4.31. The van der Waals surface area contributed by atoms with Crippen LogP contribution in [0.2, 0.25) is 0 Å². The molecule has 0 amide bonds. The zero-order chi connectivity index (χ0) is 13.7. The van der Waals surface area contributed by atoms with Crippen molar-refractivity contribution in [3.8, 4) is 5.75 Å². The van der Waals surface area contributed by atoms with Crippen molar-refractivity contribution >= 4 is 0 Å². The smallest absolute Gasteiger partial charge is 0.118 e. The zero-order valence-electron chi connectivity index (χ0n) is 12.2. The average Bonchev–Trinajstić information content (AvgIpc) is 3.19. The summed E-state index contributed by atoms with van der Waals surface area (Å²) in [5, 5.41) is 3.52. The first-order valence-electron chi connectivity index (χ1n) is 7.11. The van der Waals surface area contributed by atoms with Crippen LogP contribution >= 0.6 is 0 Å². The van der Waals surface area contributed by atoms with Crippen molar-refractivity contribution in [1.82, 2.24) is 5.32 Å². The van der Waals surface area contributed by atoms with Gasteiger partial charge < -0.3 is 14.8 Å². The molecular weight excluding hydrogens is 238 g/mol. The maximum absolute atomic E-state index is 5.24. The van der Waals surface area contributed by atoms with E-state index in [2.05, 4.69) is 36.5 Å². The van der Waals surface area contributed by atoms with E-state index in [-0.39, 0.29) is 0 Å². The fraction of sp³-hybridized carbons (Fsp3) is 0.625. The van der Waals surface area contributed by atoms with Gasteiger partial charge in [-0.1, -0.05) is 25.5 Å². The lowest BCUT2D eigenvalue weighted by molar-refractivity contribution is 0.198. The molecule has 0 bridgehead atoms. The first kappa shape index (κ1) is 14.4. The number of rotatable bonds is 8. The van der Waals surface area contributed by atoms with E-state index in [1.807, 2.05) is 0 Å². The molecule has 2 rings (SSSR count). The summed E-state index contributed by atoms with van der Waals surface area (Å²) in [6, 6.07) is 8.56. The van der Waals surface area contributed by atoms with Crippen LogP contribution in [-0.2, 0) is 10.2 Å². The topological polar surface area (TPSA) is 30.5 Å². The quantitative estimate of drug-likeness (QED) is 0.731. The highest BCUT2D eigenvalue weighted by molar-refractivity contribution is 5.38. The number of nitrogens with one attached hydrogen (secondary N) is 1. The molecule has 1 N–H and O–H groups in total. The molecule has 0 radical (unpaired) electrons. The van der Waals surface area contributed by atoms with Crippen LogP contribution in [0.25, 0.3) is 0 Å². The lowest BCUT2D eigenvalue weighted by Gasteiger charge is -2.19. The Labute approximate surface area is 116 Å². The van der Waals surface area contributed by atoms with Gasteiger partial charge in [-0.3, -0.25) is 0 Å². The summed E-state index contributed by atoms with van der Waals surface area (Å²) in [4.78, 5) is 0. The second kappa shape index (κ2) is 6.40. The summed E-state index contributed by atoms with van der Waals surface area (Å²) in [5.41, 5.74) is 1.76. The number of methoxy groups -OCH3 is 2. The normalized spacial score (nSPS) is 25.3. The maximum Gasteiger partial charge on any atom is 0.118 e. The van der Waals surface area contributed by atoms with Gasteiger partial charge >= 0.3 is 0 Å². The molecule has 1 aliphatic carbocycles. The summed E-state index contributed by atoms with van der Waals surface area (Å²) >= 11 is 0. The minimum Gasteiger partial charge on any atom is -0.497 e. The fourth-order valence-corrected chi connectivity index (χ4v) is 3.00. The lowest BCUT2D eigenvalue weighted by atomic mass is 9.92. The predicted molar refractivity (Wildman–Crippen MR) is 77.8 cm³/mol. The van der Waals surface area contributed by atoms with Gasteiger partial charge in [0.2, 0.25) is 0 Å². The molecule has 0 aromatic heterocycles. The van der Waals surface area contributed by atoms with Crippen molar-refractivity contribution in [1.29, 1.82) is 0 Å². The molecule has 106 valence electrons. The molecule has 3 nitrogen and oxygen atoms in total. The summed E-state index contributed by atoms with van der Waals surface area (Å²) in [6.45, 7) is 5.02. The number of ether oxygens (including phenoxy) is 2. The van der Waals surface area contributed by atoms with Gasteiger partial charge in [0.1, 0.15) is 5.75 Å². The Morgan fingerprint density at radius 2 is 2.00 bits per heavy atom. The SMILES string of the molecule is CCC1CC1(CNCCOC)c1ccc(OC)cc1. The highest BCUT2D eigenvalue weighted by atomic mass is 16.5. The van der Waals surface area contributed by atoms with Crippen LogP contribution in [0.3, 0.4) is 0 Å². The Bertz CT molecular complexity index is 390. The van der Waals surface area contributed by atoms with Gasteiger partial charge in [-0.25, -0.2) is 0 Å². The van der Waals surface area contributed by atoms with Crippen LogP contribution < -0.4 is 10.1 Å². The molecule has 0 aliphatic heterocycles. The highest BCUT2D eigenvalue weighted by Gasteiger charge is 2.53. The first-order chi connectivity index (χ1) is 9.26. The Morgan fingerprint density at radius 3 is 2.53 bits per heavy atom. The third-order valence-corrected chi connectivity index (χ3v) is 4.31. The van der Waals surface area contributed by atoms with E-state index in [0.717, 1.165) is 31.4 Å². The van der Waals surface area contributed by atoms with Crippen molar-refractivity contribution in [3.05, 3.63) is 29.8 Å². The second-order valence-corrected chi connectivity index (χ2v) is 5.36. The van der Waals surface area contributed by atoms with E-state index in [9.17, 15) is 0 Å². The molecule has 1 saturated carbocycles. The molecule has 0 spiro atoms. The molecule has 1 aromatic rings. The summed E-state index contributed by atoms with van der Waals surface area (Å²) in [7, 11) is 3.45. The first-order valence-corrected chi connectivity index (χ1v) is 7.11. The van der Waals surface area contributed by atoms with Crippen molar-refractivity contribution in [3.63, 3.8) is 0 Å². The zero-order valence-corrected chi connectivity index (χ0v) is 12.2. The van der Waals surface area contributed by atoms with Gasteiger partial charge in [0.25, 0.3) is 0 Å². The number of benzene rings is 1. The van der Waals surface area contributed by atoms with Gasteiger partial charge in [0.15, 0.2) is 0 Å². The fourth-order valence-electron chi connectivity index (χ4n) is 3.00. The molecule has 19 heavy (non-hydrogen) atoms. The van der Waals surface area contributed by atoms with Crippen molar-refractivity contribution in [2.24, 2.45) is 5.92 Å². The summed E-state index contributed by atoms with van der Waals surface area (Å²) in [5.74, 6) is 1.73. The summed E-state index contributed by atoms with van der Waals surface area (Å²) < 4.78 is 10.3. The maximum atomic E-state index is 5.24. The van der Waals surface area contributed by atoms with Crippen molar-refractivity contribution < 1.29 is 9.47 Å². The van der Waals surface area contributed by atoms with E-state index in [1.165, 1.54) is 18.4 Å².